The molecule has 1 unspecified atom stereocenters. The van der Waals surface area contributed by atoms with Gasteiger partial charge in [0.05, 0.1) is 17.1 Å². The molecule has 0 spiro atoms. The molecule has 122 valence electrons. The zero-order chi connectivity index (χ0) is 16.9. The van der Waals surface area contributed by atoms with Gasteiger partial charge in [0.1, 0.15) is 5.82 Å². The summed E-state index contributed by atoms with van der Waals surface area (Å²) < 4.78 is 39.9. The number of hydrogen-bond acceptors (Lipinski definition) is 4. The highest BCUT2D eigenvalue weighted by Crippen LogP contribution is 2.34. The van der Waals surface area contributed by atoms with Crippen LogP contribution in [0.3, 0.4) is 0 Å². The molecule has 1 aliphatic heterocycles. The first-order chi connectivity index (χ1) is 11.4. The molecule has 24 heavy (non-hydrogen) atoms. The topological polar surface area (TPSA) is 60.7 Å². The fraction of sp³-hybridized carbons (Fsp3) is 0.250. The number of nitrogens with zero attached hydrogens (tertiary/aromatic N) is 4. The number of alkyl halides is 3. The van der Waals surface area contributed by atoms with Crippen LogP contribution in [-0.4, -0.2) is 25.7 Å². The van der Waals surface area contributed by atoms with E-state index >= 15 is 0 Å². The van der Waals surface area contributed by atoms with Crippen molar-refractivity contribution in [2.24, 2.45) is 5.92 Å². The molecule has 0 N–H and O–H groups in total. The second-order valence-electron chi connectivity index (χ2n) is 5.69. The highest BCUT2D eigenvalue weighted by atomic mass is 19.4. The summed E-state index contributed by atoms with van der Waals surface area (Å²) >= 11 is 0. The Morgan fingerprint density at radius 2 is 2.04 bits per heavy atom. The van der Waals surface area contributed by atoms with Crippen molar-refractivity contribution in [3.63, 3.8) is 0 Å². The van der Waals surface area contributed by atoms with E-state index in [1.54, 1.807) is 24.4 Å². The van der Waals surface area contributed by atoms with Crippen LogP contribution in [0.15, 0.2) is 41.5 Å². The van der Waals surface area contributed by atoms with Crippen molar-refractivity contribution in [3.8, 4) is 11.3 Å². The number of fused-ring (bicyclic) bond motifs is 2. The van der Waals surface area contributed by atoms with Crippen LogP contribution in [0.1, 0.15) is 5.82 Å². The summed E-state index contributed by atoms with van der Waals surface area (Å²) in [4.78, 5) is 25.0. The van der Waals surface area contributed by atoms with Crippen molar-refractivity contribution in [3.05, 3.63) is 52.8 Å². The molecular formula is C16H11F3N4O. The van der Waals surface area contributed by atoms with Crippen molar-refractivity contribution in [2.75, 3.05) is 0 Å². The lowest BCUT2D eigenvalue weighted by molar-refractivity contribution is -0.173. The van der Waals surface area contributed by atoms with Crippen LogP contribution in [0.4, 0.5) is 13.2 Å². The van der Waals surface area contributed by atoms with Crippen LogP contribution in [0.2, 0.25) is 0 Å². The Labute approximate surface area is 133 Å². The van der Waals surface area contributed by atoms with Crippen LogP contribution >= 0.6 is 0 Å². The van der Waals surface area contributed by atoms with Crippen LogP contribution in [0.25, 0.3) is 22.3 Å². The van der Waals surface area contributed by atoms with Gasteiger partial charge in [-0.15, -0.1) is 0 Å². The standard InChI is InChI=1S/C16H11F3N4O/c17-16(18,19)10-6-13-22-12-5-9(11-3-1-2-4-20-11)7-21-14(12)15(24)23(13)8-10/h1-5,7,10H,6,8H2. The second-order valence-corrected chi connectivity index (χ2v) is 5.69. The molecule has 3 aromatic rings. The zero-order valence-corrected chi connectivity index (χ0v) is 12.3. The molecule has 1 aliphatic rings. The third kappa shape index (κ3) is 2.34. The van der Waals surface area contributed by atoms with Gasteiger partial charge < -0.3 is 0 Å². The SMILES string of the molecule is O=c1c2ncc(-c3ccccn3)cc2nc2n1CC(C(F)(F)F)C2. The molecule has 0 saturated heterocycles. The lowest BCUT2D eigenvalue weighted by Gasteiger charge is -2.12. The van der Waals surface area contributed by atoms with Gasteiger partial charge in [-0.05, 0) is 18.2 Å². The maximum absolute atomic E-state index is 12.9. The van der Waals surface area contributed by atoms with Crippen LogP contribution in [-0.2, 0) is 13.0 Å². The van der Waals surface area contributed by atoms with E-state index in [0.717, 1.165) is 4.57 Å². The van der Waals surface area contributed by atoms with E-state index < -0.39 is 24.2 Å². The summed E-state index contributed by atoms with van der Waals surface area (Å²) in [5.74, 6) is -1.43. The molecule has 5 nitrogen and oxygen atoms in total. The van der Waals surface area contributed by atoms with E-state index in [1.165, 1.54) is 6.20 Å². The third-order valence-electron chi connectivity index (χ3n) is 4.13. The lowest BCUT2D eigenvalue weighted by Crippen LogP contribution is -2.27. The molecule has 0 radical (unpaired) electrons. The van der Waals surface area contributed by atoms with Gasteiger partial charge in [0.15, 0.2) is 5.52 Å². The average molecular weight is 332 g/mol. The van der Waals surface area contributed by atoms with Gasteiger partial charge in [-0.25, -0.2) is 9.97 Å². The van der Waals surface area contributed by atoms with E-state index in [2.05, 4.69) is 15.0 Å². The number of aromatic nitrogens is 4. The van der Waals surface area contributed by atoms with Gasteiger partial charge >= 0.3 is 6.18 Å². The van der Waals surface area contributed by atoms with E-state index in [4.69, 9.17) is 0 Å². The molecular weight excluding hydrogens is 321 g/mol. The van der Waals surface area contributed by atoms with E-state index in [1.807, 2.05) is 6.07 Å². The van der Waals surface area contributed by atoms with Gasteiger partial charge in [-0.3, -0.25) is 14.3 Å². The largest absolute Gasteiger partial charge is 0.393 e. The Balaban J connectivity index is 1.84. The van der Waals surface area contributed by atoms with Crippen molar-refractivity contribution in [1.82, 2.24) is 19.5 Å². The second kappa shape index (κ2) is 5.12. The summed E-state index contributed by atoms with van der Waals surface area (Å²) in [6.07, 6.45) is -1.53. The molecule has 3 aromatic heterocycles. The van der Waals surface area contributed by atoms with Gasteiger partial charge in [0.2, 0.25) is 0 Å². The predicted molar refractivity (Wildman–Crippen MR) is 80.3 cm³/mol. The maximum Gasteiger partial charge on any atom is 0.393 e. The number of hydrogen-bond donors (Lipinski definition) is 0. The van der Waals surface area contributed by atoms with Crippen molar-refractivity contribution in [1.29, 1.82) is 0 Å². The monoisotopic (exact) mass is 332 g/mol. The van der Waals surface area contributed by atoms with Crippen LogP contribution in [0, 0.1) is 5.92 Å². The zero-order valence-electron chi connectivity index (χ0n) is 12.3. The molecule has 0 bridgehead atoms. The first-order valence-electron chi connectivity index (χ1n) is 7.31. The molecule has 0 aliphatic carbocycles. The molecule has 4 heterocycles. The molecule has 0 amide bonds. The third-order valence-corrected chi connectivity index (χ3v) is 4.13. The van der Waals surface area contributed by atoms with Gasteiger partial charge in [0, 0.05) is 30.9 Å². The highest BCUT2D eigenvalue weighted by Gasteiger charge is 2.44. The maximum atomic E-state index is 12.9. The number of pyridine rings is 2. The summed E-state index contributed by atoms with van der Waals surface area (Å²) in [6, 6.07) is 6.99. The first-order valence-corrected chi connectivity index (χ1v) is 7.31. The fourth-order valence-electron chi connectivity index (χ4n) is 2.89. The normalized spacial score (nSPS) is 17.2. The average Bonchev–Trinajstić information content (AvgIpc) is 3.00. The minimum atomic E-state index is -4.35. The predicted octanol–water partition coefficient (Wildman–Crippen LogP) is 2.59. The molecule has 0 saturated carbocycles. The first kappa shape index (κ1) is 14.8. The van der Waals surface area contributed by atoms with E-state index in [9.17, 15) is 18.0 Å². The summed E-state index contributed by atoms with van der Waals surface area (Å²) in [5, 5.41) is 0. The van der Waals surface area contributed by atoms with Crippen molar-refractivity contribution >= 4 is 11.0 Å². The molecule has 0 fully saturated rings. The van der Waals surface area contributed by atoms with Crippen LogP contribution < -0.4 is 5.56 Å². The summed E-state index contributed by atoms with van der Waals surface area (Å²) in [5.41, 5.74) is 1.14. The highest BCUT2D eigenvalue weighted by molar-refractivity contribution is 5.78. The number of halogens is 3. The Kier molecular flexibility index (Phi) is 3.16. The molecule has 4 rings (SSSR count). The Morgan fingerprint density at radius 3 is 2.75 bits per heavy atom. The molecule has 0 aromatic carbocycles. The lowest BCUT2D eigenvalue weighted by atomic mass is 10.1. The van der Waals surface area contributed by atoms with Crippen molar-refractivity contribution in [2.45, 2.75) is 19.1 Å². The van der Waals surface area contributed by atoms with E-state index in [-0.39, 0.29) is 23.3 Å². The smallest absolute Gasteiger partial charge is 0.294 e. The Bertz CT molecular complexity index is 982. The van der Waals surface area contributed by atoms with E-state index in [0.29, 0.717) is 11.3 Å². The van der Waals surface area contributed by atoms with Gasteiger partial charge in [0.25, 0.3) is 5.56 Å². The molecule has 8 heteroatoms. The van der Waals surface area contributed by atoms with Crippen molar-refractivity contribution < 1.29 is 13.2 Å². The Morgan fingerprint density at radius 1 is 1.21 bits per heavy atom. The molecule has 1 atom stereocenters. The Hall–Kier alpha value is -2.77. The van der Waals surface area contributed by atoms with Crippen LogP contribution in [0.5, 0.6) is 0 Å². The number of rotatable bonds is 1. The quantitative estimate of drug-likeness (QED) is 0.687. The summed E-state index contributed by atoms with van der Waals surface area (Å²) in [7, 11) is 0. The van der Waals surface area contributed by atoms with Gasteiger partial charge in [-0.2, -0.15) is 13.2 Å². The van der Waals surface area contributed by atoms with Gasteiger partial charge in [-0.1, -0.05) is 6.07 Å². The minimum absolute atomic E-state index is 0.0706. The summed E-state index contributed by atoms with van der Waals surface area (Å²) in [6.45, 7) is -0.399. The minimum Gasteiger partial charge on any atom is -0.294 e. The fourth-order valence-corrected chi connectivity index (χ4v) is 2.89.